The summed E-state index contributed by atoms with van der Waals surface area (Å²) < 4.78 is 30.1. The van der Waals surface area contributed by atoms with Crippen LogP contribution in [0.15, 0.2) is 0 Å². The lowest BCUT2D eigenvalue weighted by atomic mass is 10.3. The summed E-state index contributed by atoms with van der Waals surface area (Å²) in [7, 11) is 0.899. The maximum absolute atomic E-state index is 6.14. The van der Waals surface area contributed by atoms with E-state index in [2.05, 4.69) is 32.6 Å². The van der Waals surface area contributed by atoms with Crippen molar-refractivity contribution in [1.29, 1.82) is 0 Å². The minimum atomic E-state index is -0.586. The lowest BCUT2D eigenvalue weighted by molar-refractivity contribution is -0.159. The second-order valence-corrected chi connectivity index (χ2v) is 11.1. The quantitative estimate of drug-likeness (QED) is 0.198. The van der Waals surface area contributed by atoms with Crippen LogP contribution >= 0.6 is 17.2 Å². The van der Waals surface area contributed by atoms with Gasteiger partial charge in [0, 0.05) is 44.6 Å². The highest BCUT2D eigenvalue weighted by Crippen LogP contribution is 2.46. The van der Waals surface area contributed by atoms with Crippen LogP contribution in [0.25, 0.3) is 0 Å². The van der Waals surface area contributed by atoms with Crippen molar-refractivity contribution in [2.45, 2.75) is 105 Å². The fourth-order valence-electron chi connectivity index (χ4n) is 3.70. The highest BCUT2D eigenvalue weighted by atomic mass is 31.1. The normalized spacial score (nSPS) is 17.1. The number of hydrogen-bond donors (Lipinski definition) is 0. The van der Waals surface area contributed by atoms with E-state index in [0.29, 0.717) is 50.2 Å². The molecule has 0 aromatic heterocycles. The van der Waals surface area contributed by atoms with Crippen LogP contribution < -0.4 is 0 Å². The summed E-state index contributed by atoms with van der Waals surface area (Å²) in [6.07, 6.45) is 0.947. The van der Waals surface area contributed by atoms with Gasteiger partial charge < -0.3 is 23.7 Å². The second kappa shape index (κ2) is 15.4. The van der Waals surface area contributed by atoms with E-state index < -0.39 is 11.1 Å². The summed E-state index contributed by atoms with van der Waals surface area (Å²) in [5.74, 6) is 0.453. The average molecular weight is 456 g/mol. The molecule has 29 heavy (non-hydrogen) atoms. The Labute approximate surface area is 183 Å². The Morgan fingerprint density at radius 2 is 1.00 bits per heavy atom. The summed E-state index contributed by atoms with van der Waals surface area (Å²) in [6, 6.07) is 0. The van der Waals surface area contributed by atoms with Crippen LogP contribution in [0.2, 0.25) is 0 Å². The van der Waals surface area contributed by atoms with Gasteiger partial charge in [-0.2, -0.15) is 0 Å². The van der Waals surface area contributed by atoms with E-state index in [1.54, 1.807) is 0 Å². The third-order valence-corrected chi connectivity index (χ3v) is 7.61. The maximum Gasteiger partial charge on any atom is 0.182 e. The first-order valence-corrected chi connectivity index (χ1v) is 13.3. The highest BCUT2D eigenvalue weighted by Gasteiger charge is 2.38. The fraction of sp³-hybridized carbons (Fsp3) is 1.00. The number of nitrogens with zero attached hydrogens (tertiary/aromatic N) is 1. The van der Waals surface area contributed by atoms with Crippen LogP contribution in [-0.4, -0.2) is 66.8 Å². The lowest BCUT2D eigenvalue weighted by Gasteiger charge is -2.45. The summed E-state index contributed by atoms with van der Waals surface area (Å²) in [6.45, 7) is 24.1. The first-order chi connectivity index (χ1) is 13.7. The summed E-state index contributed by atoms with van der Waals surface area (Å²) in [5.41, 5.74) is -1.17. The van der Waals surface area contributed by atoms with Crippen LogP contribution in [0.1, 0.15) is 75.7 Å². The molecule has 0 aromatic rings. The van der Waals surface area contributed by atoms with E-state index in [9.17, 15) is 0 Å². The van der Waals surface area contributed by atoms with E-state index >= 15 is 0 Å². The van der Waals surface area contributed by atoms with Gasteiger partial charge in [-0.1, -0.05) is 6.92 Å². The summed E-state index contributed by atoms with van der Waals surface area (Å²) >= 11 is 0. The molecule has 0 fully saturated rings. The van der Waals surface area contributed by atoms with Crippen molar-refractivity contribution in [3.8, 4) is 0 Å². The average Bonchev–Trinajstić information content (AvgIpc) is 2.61. The second-order valence-electron chi connectivity index (χ2n) is 7.03. The molecule has 8 heteroatoms. The molecule has 0 aliphatic heterocycles. The van der Waals surface area contributed by atoms with Crippen molar-refractivity contribution in [1.82, 2.24) is 4.90 Å². The molecule has 0 rings (SSSR count). The largest absolute Gasteiger partial charge is 0.363 e. The molecule has 5 atom stereocenters. The van der Waals surface area contributed by atoms with Crippen molar-refractivity contribution in [2.24, 2.45) is 0 Å². The highest BCUT2D eigenvalue weighted by molar-refractivity contribution is 7.41. The Balaban J connectivity index is 5.65. The monoisotopic (exact) mass is 455 g/mol. The molecule has 176 valence electrons. The van der Waals surface area contributed by atoms with E-state index in [1.165, 1.54) is 0 Å². The SMILES string of the molecule is CCOC(CC)N(C(C)PC(C)(OCC)OCC)C(C)PC(C)(OCC)OCC. The Kier molecular flexibility index (Phi) is 15.8. The van der Waals surface area contributed by atoms with E-state index in [-0.39, 0.29) is 17.8 Å². The van der Waals surface area contributed by atoms with Crippen LogP contribution in [0.5, 0.6) is 0 Å². The maximum atomic E-state index is 6.14. The Bertz CT molecular complexity index is 375. The summed E-state index contributed by atoms with van der Waals surface area (Å²) in [5, 5.41) is 0. The van der Waals surface area contributed by atoms with Crippen molar-refractivity contribution in [3.05, 3.63) is 0 Å². The van der Waals surface area contributed by atoms with Gasteiger partial charge in [0.1, 0.15) is 6.23 Å². The van der Waals surface area contributed by atoms with Gasteiger partial charge in [-0.25, -0.2) is 0 Å². The number of hydrogen-bond acceptors (Lipinski definition) is 6. The molecule has 0 aliphatic carbocycles. The zero-order valence-corrected chi connectivity index (χ0v) is 22.5. The first-order valence-electron chi connectivity index (χ1n) is 11.2. The Morgan fingerprint density at radius 1 is 0.655 bits per heavy atom. The van der Waals surface area contributed by atoms with Gasteiger partial charge in [0.25, 0.3) is 0 Å². The predicted octanol–water partition coefficient (Wildman–Crippen LogP) is 5.60. The fourth-order valence-corrected chi connectivity index (χ4v) is 7.36. The van der Waals surface area contributed by atoms with Gasteiger partial charge in [0.15, 0.2) is 11.1 Å². The van der Waals surface area contributed by atoms with E-state index in [4.69, 9.17) is 23.7 Å². The van der Waals surface area contributed by atoms with Gasteiger partial charge in [-0.05, 0) is 85.9 Å². The van der Waals surface area contributed by atoms with E-state index in [0.717, 1.165) is 6.42 Å². The van der Waals surface area contributed by atoms with Gasteiger partial charge in [-0.3, -0.25) is 4.90 Å². The molecule has 0 N–H and O–H groups in total. The van der Waals surface area contributed by atoms with Crippen molar-refractivity contribution in [2.75, 3.05) is 33.0 Å². The Hall–Kier alpha value is 0.620. The predicted molar refractivity (Wildman–Crippen MR) is 126 cm³/mol. The van der Waals surface area contributed by atoms with Crippen molar-refractivity contribution >= 4 is 17.2 Å². The zero-order chi connectivity index (χ0) is 22.5. The topological polar surface area (TPSA) is 49.4 Å². The van der Waals surface area contributed by atoms with Crippen molar-refractivity contribution in [3.63, 3.8) is 0 Å². The molecule has 0 radical (unpaired) electrons. The van der Waals surface area contributed by atoms with Gasteiger partial charge >= 0.3 is 0 Å². The molecular formula is C21H47NO5P2. The molecular weight excluding hydrogens is 408 g/mol. The lowest BCUT2D eigenvalue weighted by Crippen LogP contribution is -2.48. The molecule has 0 bridgehead atoms. The Morgan fingerprint density at radius 3 is 1.24 bits per heavy atom. The minimum absolute atomic E-state index is 0.0324. The molecule has 6 nitrogen and oxygen atoms in total. The molecule has 0 aromatic carbocycles. The standard InChI is InChI=1S/C21H47NO5P2/c1-11-19(23-12-2)22(17(7)28-20(9,24-13-3)25-14-4)18(8)29-21(10,26-15-5)27-16-6/h17-19,28-29H,11-16H2,1-10H3. The zero-order valence-electron chi connectivity index (χ0n) is 20.5. The molecule has 0 saturated carbocycles. The van der Waals surface area contributed by atoms with Crippen LogP contribution in [0.3, 0.4) is 0 Å². The van der Waals surface area contributed by atoms with Gasteiger partial charge in [-0.15, -0.1) is 0 Å². The smallest absolute Gasteiger partial charge is 0.182 e. The molecule has 0 spiro atoms. The third-order valence-electron chi connectivity index (χ3n) is 4.56. The van der Waals surface area contributed by atoms with Crippen LogP contribution in [0, 0.1) is 0 Å². The molecule has 0 saturated heterocycles. The molecule has 0 amide bonds. The molecule has 0 heterocycles. The molecule has 5 unspecified atom stereocenters. The first kappa shape index (κ1) is 29.6. The number of ether oxygens (including phenoxy) is 5. The minimum Gasteiger partial charge on any atom is -0.363 e. The molecule has 0 aliphatic rings. The van der Waals surface area contributed by atoms with Crippen LogP contribution in [0.4, 0.5) is 0 Å². The van der Waals surface area contributed by atoms with E-state index in [1.807, 2.05) is 41.5 Å². The van der Waals surface area contributed by atoms with Crippen LogP contribution in [-0.2, 0) is 23.7 Å². The van der Waals surface area contributed by atoms with Gasteiger partial charge in [0.05, 0.1) is 0 Å². The summed E-state index contributed by atoms with van der Waals surface area (Å²) in [4.78, 5) is 2.47. The van der Waals surface area contributed by atoms with Gasteiger partial charge in [0.2, 0.25) is 0 Å². The van der Waals surface area contributed by atoms with Crippen molar-refractivity contribution < 1.29 is 23.7 Å². The third kappa shape index (κ3) is 10.7. The number of rotatable bonds is 18.